The number of rotatable bonds is 4. The molecule has 0 radical (unpaired) electrons. The molecule has 2 heterocycles. The van der Waals surface area contributed by atoms with Crippen LogP contribution in [0.4, 0.5) is 11.5 Å². The van der Waals surface area contributed by atoms with Crippen molar-refractivity contribution in [2.24, 2.45) is 0 Å². The minimum Gasteiger partial charge on any atom is -0.497 e. The van der Waals surface area contributed by atoms with Crippen molar-refractivity contribution in [3.05, 3.63) is 71.5 Å². The fourth-order valence-electron chi connectivity index (χ4n) is 2.87. The topological polar surface area (TPSA) is 51.5 Å². The molecule has 6 heteroatoms. The van der Waals surface area contributed by atoms with E-state index in [2.05, 4.69) is 15.4 Å². The van der Waals surface area contributed by atoms with E-state index in [1.807, 2.05) is 61.5 Å². The van der Waals surface area contributed by atoms with Crippen LogP contribution in [0.1, 0.15) is 5.69 Å². The van der Waals surface area contributed by atoms with Gasteiger partial charge in [-0.25, -0.2) is 4.98 Å². The highest BCUT2D eigenvalue weighted by Gasteiger charge is 2.14. The molecule has 2 aromatic heterocycles. The Labute approximate surface area is 156 Å². The lowest BCUT2D eigenvalue weighted by molar-refractivity contribution is 0.415. The van der Waals surface area contributed by atoms with Gasteiger partial charge in [-0.2, -0.15) is 9.61 Å². The predicted octanol–water partition coefficient (Wildman–Crippen LogP) is 5.11. The summed E-state index contributed by atoms with van der Waals surface area (Å²) in [5.41, 5.74) is 4.40. The molecule has 0 aliphatic rings. The number of hydrogen-bond donors (Lipinski definition) is 1. The van der Waals surface area contributed by atoms with Crippen molar-refractivity contribution in [3.63, 3.8) is 0 Å². The van der Waals surface area contributed by atoms with Gasteiger partial charge < -0.3 is 10.1 Å². The van der Waals surface area contributed by atoms with Crippen LogP contribution in [0.25, 0.3) is 16.8 Å². The Bertz CT molecular complexity index is 1070. The van der Waals surface area contributed by atoms with Gasteiger partial charge in [-0.3, -0.25) is 0 Å². The molecule has 0 spiro atoms. The zero-order valence-corrected chi connectivity index (χ0v) is 15.2. The molecule has 26 heavy (non-hydrogen) atoms. The molecule has 0 aliphatic carbocycles. The molecular weight excluding hydrogens is 348 g/mol. The smallest absolute Gasteiger partial charge is 0.165 e. The maximum atomic E-state index is 6.36. The summed E-state index contributed by atoms with van der Waals surface area (Å²) in [5, 5.41) is 8.58. The number of anilines is 2. The Morgan fingerprint density at radius 1 is 1.04 bits per heavy atom. The van der Waals surface area contributed by atoms with E-state index < -0.39 is 0 Å². The molecule has 0 saturated heterocycles. The standard InChI is InChI=1S/C20H17ClN4O/c1-13-11-19(24-14-7-9-15(26-2)10-8-14)25-20(23-13)17(12-22-25)16-5-3-4-6-18(16)21/h3-12,24H,1-2H3. The number of benzene rings is 2. The number of methoxy groups -OCH3 is 1. The lowest BCUT2D eigenvalue weighted by atomic mass is 10.1. The van der Waals surface area contributed by atoms with Crippen molar-refractivity contribution in [1.29, 1.82) is 0 Å². The monoisotopic (exact) mass is 364 g/mol. The SMILES string of the molecule is COc1ccc(Nc2cc(C)nc3c(-c4ccccc4Cl)cnn23)cc1. The molecule has 4 rings (SSSR count). The molecule has 0 saturated carbocycles. The normalized spacial score (nSPS) is 10.9. The third-order valence-electron chi connectivity index (χ3n) is 4.13. The van der Waals surface area contributed by atoms with Gasteiger partial charge in [-0.1, -0.05) is 29.8 Å². The summed E-state index contributed by atoms with van der Waals surface area (Å²) in [7, 11) is 1.65. The number of ether oxygens (including phenoxy) is 1. The van der Waals surface area contributed by atoms with Gasteiger partial charge in [-0.15, -0.1) is 0 Å². The van der Waals surface area contributed by atoms with Crippen LogP contribution in [0.2, 0.25) is 5.02 Å². The van der Waals surface area contributed by atoms with Crippen molar-refractivity contribution in [2.45, 2.75) is 6.92 Å². The van der Waals surface area contributed by atoms with E-state index >= 15 is 0 Å². The highest BCUT2D eigenvalue weighted by Crippen LogP contribution is 2.31. The summed E-state index contributed by atoms with van der Waals surface area (Å²) in [5.74, 6) is 1.64. The van der Waals surface area contributed by atoms with E-state index in [9.17, 15) is 0 Å². The van der Waals surface area contributed by atoms with Gasteiger partial charge in [-0.05, 0) is 37.3 Å². The first-order valence-corrected chi connectivity index (χ1v) is 8.55. The Kier molecular flexibility index (Phi) is 4.22. The van der Waals surface area contributed by atoms with Crippen LogP contribution in [0.15, 0.2) is 60.8 Å². The van der Waals surface area contributed by atoms with E-state index in [1.165, 1.54) is 0 Å². The average Bonchev–Trinajstić information content (AvgIpc) is 3.06. The number of nitrogens with zero attached hydrogens (tertiary/aromatic N) is 3. The van der Waals surface area contributed by atoms with Gasteiger partial charge >= 0.3 is 0 Å². The zero-order valence-electron chi connectivity index (χ0n) is 14.4. The van der Waals surface area contributed by atoms with Gasteiger partial charge in [0.15, 0.2) is 5.65 Å². The summed E-state index contributed by atoms with van der Waals surface area (Å²) in [6.07, 6.45) is 1.79. The number of hydrogen-bond acceptors (Lipinski definition) is 4. The maximum Gasteiger partial charge on any atom is 0.165 e. The second kappa shape index (κ2) is 6.69. The molecule has 0 atom stereocenters. The van der Waals surface area contributed by atoms with Crippen molar-refractivity contribution >= 4 is 28.8 Å². The highest BCUT2D eigenvalue weighted by atomic mass is 35.5. The Hall–Kier alpha value is -3.05. The first-order valence-electron chi connectivity index (χ1n) is 8.17. The molecular formula is C20H17ClN4O. The second-order valence-electron chi connectivity index (χ2n) is 5.91. The molecule has 0 amide bonds. The summed E-state index contributed by atoms with van der Waals surface area (Å²) in [6.45, 7) is 1.96. The summed E-state index contributed by atoms with van der Waals surface area (Å²) >= 11 is 6.36. The van der Waals surface area contributed by atoms with E-state index in [-0.39, 0.29) is 0 Å². The largest absolute Gasteiger partial charge is 0.497 e. The molecule has 130 valence electrons. The third kappa shape index (κ3) is 2.97. The lowest BCUT2D eigenvalue weighted by Gasteiger charge is -2.10. The van der Waals surface area contributed by atoms with Crippen LogP contribution >= 0.6 is 11.6 Å². The highest BCUT2D eigenvalue weighted by molar-refractivity contribution is 6.33. The minimum atomic E-state index is 0.676. The van der Waals surface area contributed by atoms with Crippen LogP contribution < -0.4 is 10.1 Å². The molecule has 0 unspecified atom stereocenters. The Morgan fingerprint density at radius 3 is 2.54 bits per heavy atom. The molecule has 0 bridgehead atoms. The number of aromatic nitrogens is 3. The van der Waals surface area contributed by atoms with Crippen LogP contribution in [-0.4, -0.2) is 21.7 Å². The Balaban J connectivity index is 1.80. The molecule has 5 nitrogen and oxygen atoms in total. The van der Waals surface area contributed by atoms with Crippen molar-refractivity contribution < 1.29 is 4.74 Å². The van der Waals surface area contributed by atoms with Crippen molar-refractivity contribution in [2.75, 3.05) is 12.4 Å². The first kappa shape index (κ1) is 16.4. The quantitative estimate of drug-likeness (QED) is 0.546. The number of nitrogens with one attached hydrogen (secondary N) is 1. The van der Waals surface area contributed by atoms with Crippen LogP contribution in [0.3, 0.4) is 0 Å². The van der Waals surface area contributed by atoms with Gasteiger partial charge in [0.25, 0.3) is 0 Å². The predicted molar refractivity (Wildman–Crippen MR) is 104 cm³/mol. The zero-order chi connectivity index (χ0) is 18.1. The summed E-state index contributed by atoms with van der Waals surface area (Å²) < 4.78 is 6.99. The van der Waals surface area contributed by atoms with Crippen LogP contribution in [0.5, 0.6) is 5.75 Å². The van der Waals surface area contributed by atoms with Gasteiger partial charge in [0.2, 0.25) is 0 Å². The summed E-state index contributed by atoms with van der Waals surface area (Å²) in [6, 6.07) is 17.4. The Morgan fingerprint density at radius 2 is 1.81 bits per heavy atom. The average molecular weight is 365 g/mol. The van der Waals surface area contributed by atoms with E-state index in [0.29, 0.717) is 5.02 Å². The van der Waals surface area contributed by atoms with Gasteiger partial charge in [0, 0.05) is 33.6 Å². The third-order valence-corrected chi connectivity index (χ3v) is 4.46. The maximum absolute atomic E-state index is 6.36. The van der Waals surface area contributed by atoms with Crippen molar-refractivity contribution in [3.8, 4) is 16.9 Å². The van der Waals surface area contributed by atoms with E-state index in [0.717, 1.165) is 39.7 Å². The second-order valence-corrected chi connectivity index (χ2v) is 6.32. The lowest BCUT2D eigenvalue weighted by Crippen LogP contribution is -2.02. The summed E-state index contributed by atoms with van der Waals surface area (Å²) in [4.78, 5) is 4.66. The molecule has 1 N–H and O–H groups in total. The molecule has 4 aromatic rings. The molecule has 0 fully saturated rings. The number of fused-ring (bicyclic) bond motifs is 1. The van der Waals surface area contributed by atoms with Crippen molar-refractivity contribution in [1.82, 2.24) is 14.6 Å². The fourth-order valence-corrected chi connectivity index (χ4v) is 3.10. The van der Waals surface area contributed by atoms with Gasteiger partial charge in [0.05, 0.1) is 13.3 Å². The van der Waals surface area contributed by atoms with Gasteiger partial charge in [0.1, 0.15) is 11.6 Å². The van der Waals surface area contributed by atoms with Crippen LogP contribution in [0, 0.1) is 6.92 Å². The van der Waals surface area contributed by atoms with E-state index in [1.54, 1.807) is 17.8 Å². The number of aryl methyl sites for hydroxylation is 1. The van der Waals surface area contributed by atoms with E-state index in [4.69, 9.17) is 16.3 Å². The molecule has 2 aromatic carbocycles. The fraction of sp³-hybridized carbons (Fsp3) is 0.100. The van der Waals surface area contributed by atoms with Crippen LogP contribution in [-0.2, 0) is 0 Å². The molecule has 0 aliphatic heterocycles. The first-order chi connectivity index (χ1) is 12.7. The minimum absolute atomic E-state index is 0.676. The number of halogens is 1.